The molecule has 110 valence electrons. The van der Waals surface area contributed by atoms with E-state index in [4.69, 9.17) is 5.11 Å². The van der Waals surface area contributed by atoms with Gasteiger partial charge in [-0.05, 0) is 24.3 Å². The Balaban J connectivity index is 0.000000133. The summed E-state index contributed by atoms with van der Waals surface area (Å²) in [5, 5.41) is 34.1. The number of H-pyrrole nitrogens is 2. The Kier molecular flexibility index (Phi) is 3.40. The Morgan fingerprint density at radius 1 is 0.955 bits per heavy atom. The third-order valence-electron chi connectivity index (χ3n) is 3.06. The van der Waals surface area contributed by atoms with Gasteiger partial charge in [0.2, 0.25) is 0 Å². The molecule has 8 nitrogen and oxygen atoms in total. The fourth-order valence-corrected chi connectivity index (χ4v) is 1.97. The monoisotopic (exact) mass is 297 g/mol. The Morgan fingerprint density at radius 3 is 2.18 bits per heavy atom. The quantitative estimate of drug-likeness (QED) is 0.368. The number of nitrogens with one attached hydrogen (secondary N) is 2. The van der Waals surface area contributed by atoms with Crippen LogP contribution in [0.4, 0.5) is 5.69 Å². The third-order valence-corrected chi connectivity index (χ3v) is 3.06. The lowest BCUT2D eigenvalue weighted by Gasteiger charge is -1.89. The first-order chi connectivity index (χ1) is 10.6. The van der Waals surface area contributed by atoms with Crippen molar-refractivity contribution >= 4 is 27.5 Å². The Labute approximate surface area is 123 Å². The molecule has 0 spiro atoms. The number of aromatic amines is 2. The molecule has 0 aliphatic heterocycles. The molecular weight excluding hydrogens is 286 g/mol. The molecule has 0 saturated heterocycles. The molecule has 2 aromatic heterocycles. The zero-order valence-corrected chi connectivity index (χ0v) is 11.2. The van der Waals surface area contributed by atoms with Crippen LogP contribution in [0.5, 0.6) is 5.75 Å². The van der Waals surface area contributed by atoms with Gasteiger partial charge in [0, 0.05) is 22.9 Å². The van der Waals surface area contributed by atoms with Gasteiger partial charge in [0.05, 0.1) is 28.4 Å². The highest BCUT2D eigenvalue weighted by atomic mass is 16.6. The van der Waals surface area contributed by atoms with Crippen LogP contribution >= 0.6 is 0 Å². The number of benzene rings is 2. The number of hydrogen-bond acceptors (Lipinski definition) is 5. The minimum atomic E-state index is -0.424. The number of aromatic hydroxyl groups is 1. The number of phenols is 1. The van der Waals surface area contributed by atoms with Crippen LogP contribution in [0.1, 0.15) is 0 Å². The van der Waals surface area contributed by atoms with Crippen molar-refractivity contribution in [1.29, 1.82) is 0 Å². The average Bonchev–Trinajstić information content (AvgIpc) is 3.14. The van der Waals surface area contributed by atoms with Crippen molar-refractivity contribution in [3.8, 4) is 5.75 Å². The van der Waals surface area contributed by atoms with E-state index in [2.05, 4.69) is 20.4 Å². The Bertz CT molecular complexity index is 944. The van der Waals surface area contributed by atoms with Crippen LogP contribution < -0.4 is 0 Å². The summed E-state index contributed by atoms with van der Waals surface area (Å²) in [6.45, 7) is 0. The standard InChI is InChI=1S/C7H5N3O2.C7H6N2O/c11-10(12)6-1-2-7-5(3-6)4-8-9-7;10-6-1-2-7-5(3-6)4-8-9-7/h1-4H,(H,8,9);1-4,10H,(H,8,9). The van der Waals surface area contributed by atoms with Crippen LogP contribution in [0.15, 0.2) is 48.8 Å². The van der Waals surface area contributed by atoms with Crippen LogP contribution in [0.3, 0.4) is 0 Å². The number of non-ortho nitro benzene ring substituents is 1. The summed E-state index contributed by atoms with van der Waals surface area (Å²) in [6.07, 6.45) is 3.23. The highest BCUT2D eigenvalue weighted by Gasteiger charge is 2.05. The summed E-state index contributed by atoms with van der Waals surface area (Å²) < 4.78 is 0. The lowest BCUT2D eigenvalue weighted by Crippen LogP contribution is -1.86. The molecule has 4 aromatic rings. The highest BCUT2D eigenvalue weighted by Crippen LogP contribution is 2.18. The van der Waals surface area contributed by atoms with Crippen LogP contribution in [0.2, 0.25) is 0 Å². The molecule has 0 unspecified atom stereocenters. The van der Waals surface area contributed by atoms with Gasteiger partial charge in [0.1, 0.15) is 5.75 Å². The van der Waals surface area contributed by atoms with Gasteiger partial charge < -0.3 is 5.11 Å². The van der Waals surface area contributed by atoms with Gasteiger partial charge >= 0.3 is 0 Å². The lowest BCUT2D eigenvalue weighted by molar-refractivity contribution is -0.384. The largest absolute Gasteiger partial charge is 0.508 e. The van der Waals surface area contributed by atoms with Crippen LogP contribution in [0, 0.1) is 10.1 Å². The van der Waals surface area contributed by atoms with Crippen molar-refractivity contribution in [2.24, 2.45) is 0 Å². The number of phenolic OH excluding ortho intramolecular Hbond substituents is 1. The molecule has 22 heavy (non-hydrogen) atoms. The molecule has 3 N–H and O–H groups in total. The summed E-state index contributed by atoms with van der Waals surface area (Å²) >= 11 is 0. The van der Waals surface area contributed by atoms with E-state index in [-0.39, 0.29) is 11.4 Å². The molecular formula is C14H11N5O3. The fourth-order valence-electron chi connectivity index (χ4n) is 1.97. The van der Waals surface area contributed by atoms with Crippen molar-refractivity contribution in [3.05, 3.63) is 58.9 Å². The van der Waals surface area contributed by atoms with Crippen molar-refractivity contribution in [1.82, 2.24) is 20.4 Å². The molecule has 0 atom stereocenters. The van der Waals surface area contributed by atoms with E-state index in [1.807, 2.05) is 0 Å². The number of aromatic nitrogens is 4. The van der Waals surface area contributed by atoms with E-state index in [0.717, 1.165) is 21.8 Å². The first-order valence-electron chi connectivity index (χ1n) is 6.33. The molecule has 4 rings (SSSR count). The van der Waals surface area contributed by atoms with Crippen LogP contribution in [-0.2, 0) is 0 Å². The number of hydrogen-bond donors (Lipinski definition) is 3. The number of nitro groups is 1. The topological polar surface area (TPSA) is 121 Å². The highest BCUT2D eigenvalue weighted by molar-refractivity contribution is 5.80. The molecule has 0 radical (unpaired) electrons. The van der Waals surface area contributed by atoms with Gasteiger partial charge in [-0.3, -0.25) is 20.3 Å². The van der Waals surface area contributed by atoms with E-state index in [9.17, 15) is 10.1 Å². The van der Waals surface area contributed by atoms with Crippen LogP contribution in [0.25, 0.3) is 21.8 Å². The minimum Gasteiger partial charge on any atom is -0.508 e. The third kappa shape index (κ3) is 2.70. The summed E-state index contributed by atoms with van der Waals surface area (Å²) in [5.74, 6) is 0.272. The zero-order chi connectivity index (χ0) is 15.5. The van der Waals surface area contributed by atoms with Gasteiger partial charge in [0.25, 0.3) is 5.69 Å². The van der Waals surface area contributed by atoms with Crippen molar-refractivity contribution in [2.75, 3.05) is 0 Å². The van der Waals surface area contributed by atoms with Gasteiger partial charge in [-0.25, -0.2) is 0 Å². The number of nitro benzene ring substituents is 1. The first-order valence-corrected chi connectivity index (χ1v) is 6.33. The zero-order valence-electron chi connectivity index (χ0n) is 11.2. The van der Waals surface area contributed by atoms with Gasteiger partial charge in [0.15, 0.2) is 0 Å². The van der Waals surface area contributed by atoms with Gasteiger partial charge in [-0.2, -0.15) is 10.2 Å². The maximum absolute atomic E-state index is 10.3. The minimum absolute atomic E-state index is 0.0869. The smallest absolute Gasteiger partial charge is 0.270 e. The molecule has 0 aliphatic rings. The molecule has 0 aliphatic carbocycles. The number of rotatable bonds is 1. The van der Waals surface area contributed by atoms with E-state index in [1.165, 1.54) is 12.1 Å². The molecule has 2 aromatic carbocycles. The predicted octanol–water partition coefficient (Wildman–Crippen LogP) is 2.74. The first kappa shape index (κ1) is 13.6. The maximum Gasteiger partial charge on any atom is 0.270 e. The second-order valence-electron chi connectivity index (χ2n) is 4.54. The number of nitrogens with zero attached hydrogens (tertiary/aromatic N) is 3. The second kappa shape index (κ2) is 5.52. The summed E-state index contributed by atoms with van der Waals surface area (Å²) in [4.78, 5) is 9.92. The van der Waals surface area contributed by atoms with Gasteiger partial charge in [-0.15, -0.1) is 0 Å². The lowest BCUT2D eigenvalue weighted by atomic mass is 10.2. The van der Waals surface area contributed by atoms with Crippen molar-refractivity contribution < 1.29 is 10.0 Å². The summed E-state index contributed by atoms with van der Waals surface area (Å²) in [6, 6.07) is 9.65. The molecule has 8 heteroatoms. The summed E-state index contributed by atoms with van der Waals surface area (Å²) in [5.41, 5.74) is 1.84. The van der Waals surface area contributed by atoms with E-state index < -0.39 is 4.92 Å². The molecule has 0 amide bonds. The molecule has 0 fully saturated rings. The second-order valence-corrected chi connectivity index (χ2v) is 4.54. The Morgan fingerprint density at radius 2 is 1.55 bits per heavy atom. The molecule has 2 heterocycles. The Hall–Kier alpha value is -3.42. The van der Waals surface area contributed by atoms with Crippen LogP contribution in [-0.4, -0.2) is 30.4 Å². The average molecular weight is 297 g/mol. The van der Waals surface area contributed by atoms with Crippen molar-refractivity contribution in [2.45, 2.75) is 0 Å². The predicted molar refractivity (Wildman–Crippen MR) is 80.5 cm³/mol. The summed E-state index contributed by atoms with van der Waals surface area (Å²) in [7, 11) is 0. The van der Waals surface area contributed by atoms with E-state index >= 15 is 0 Å². The van der Waals surface area contributed by atoms with Crippen molar-refractivity contribution in [3.63, 3.8) is 0 Å². The molecule has 0 bridgehead atoms. The number of fused-ring (bicyclic) bond motifs is 2. The normalized spacial score (nSPS) is 10.4. The molecule has 0 saturated carbocycles. The van der Waals surface area contributed by atoms with E-state index in [1.54, 1.807) is 36.7 Å². The maximum atomic E-state index is 10.3. The van der Waals surface area contributed by atoms with Gasteiger partial charge in [-0.1, -0.05) is 0 Å². The fraction of sp³-hybridized carbons (Fsp3) is 0. The SMILES string of the molecule is O=[N+]([O-])c1ccc2[nH]ncc2c1.Oc1ccc2[nH]ncc2c1. The van der Waals surface area contributed by atoms with E-state index in [0.29, 0.717) is 0 Å².